The molecule has 4 heteroatoms. The summed E-state index contributed by atoms with van der Waals surface area (Å²) in [6.45, 7) is 3.24. The standard InChI is InChI=1S/C17H22N2O2/c1-18-10-14-11-19-17(16-5-3-2-4-15(14)16)21-12-13-6-8-20-9-7-13/h2-5,11,13,18H,6-10,12H2,1H3. The van der Waals surface area contributed by atoms with Crippen molar-refractivity contribution in [3.05, 3.63) is 36.0 Å². The van der Waals surface area contributed by atoms with E-state index in [1.54, 1.807) is 0 Å². The van der Waals surface area contributed by atoms with Crippen molar-refractivity contribution in [3.8, 4) is 5.88 Å². The molecule has 0 spiro atoms. The molecule has 2 heterocycles. The van der Waals surface area contributed by atoms with Crippen LogP contribution in [0.25, 0.3) is 10.8 Å². The molecule has 0 bridgehead atoms. The Balaban J connectivity index is 1.80. The van der Waals surface area contributed by atoms with Crippen LogP contribution in [-0.2, 0) is 11.3 Å². The zero-order valence-corrected chi connectivity index (χ0v) is 12.5. The van der Waals surface area contributed by atoms with Crippen LogP contribution in [0, 0.1) is 5.92 Å². The molecule has 112 valence electrons. The van der Waals surface area contributed by atoms with Gasteiger partial charge in [-0.15, -0.1) is 0 Å². The fourth-order valence-electron chi connectivity index (χ4n) is 2.78. The Bertz CT molecular complexity index is 594. The van der Waals surface area contributed by atoms with Crippen molar-refractivity contribution in [1.29, 1.82) is 0 Å². The first kappa shape index (κ1) is 14.3. The van der Waals surface area contributed by atoms with E-state index in [0.717, 1.165) is 50.5 Å². The quantitative estimate of drug-likeness (QED) is 0.918. The Hall–Kier alpha value is -1.65. The van der Waals surface area contributed by atoms with Crippen molar-refractivity contribution >= 4 is 10.8 Å². The molecule has 1 N–H and O–H groups in total. The van der Waals surface area contributed by atoms with Gasteiger partial charge in [-0.3, -0.25) is 0 Å². The second-order valence-electron chi connectivity index (χ2n) is 5.53. The molecule has 1 aliphatic rings. The van der Waals surface area contributed by atoms with E-state index < -0.39 is 0 Å². The highest BCUT2D eigenvalue weighted by molar-refractivity contribution is 5.89. The van der Waals surface area contributed by atoms with E-state index in [4.69, 9.17) is 9.47 Å². The van der Waals surface area contributed by atoms with Crippen LogP contribution in [0.5, 0.6) is 5.88 Å². The maximum absolute atomic E-state index is 6.00. The van der Waals surface area contributed by atoms with Crippen molar-refractivity contribution < 1.29 is 9.47 Å². The van der Waals surface area contributed by atoms with Crippen molar-refractivity contribution in [2.24, 2.45) is 5.92 Å². The summed E-state index contributed by atoms with van der Waals surface area (Å²) in [7, 11) is 1.95. The fourth-order valence-corrected chi connectivity index (χ4v) is 2.78. The van der Waals surface area contributed by atoms with E-state index in [1.807, 2.05) is 19.3 Å². The molecule has 21 heavy (non-hydrogen) atoms. The van der Waals surface area contributed by atoms with Crippen molar-refractivity contribution in [2.45, 2.75) is 19.4 Å². The average molecular weight is 286 g/mol. The van der Waals surface area contributed by atoms with Gasteiger partial charge in [0, 0.05) is 31.3 Å². The molecule has 4 nitrogen and oxygen atoms in total. The monoisotopic (exact) mass is 286 g/mol. The lowest BCUT2D eigenvalue weighted by Crippen LogP contribution is -2.21. The lowest BCUT2D eigenvalue weighted by molar-refractivity contribution is 0.0493. The summed E-state index contributed by atoms with van der Waals surface area (Å²) in [4.78, 5) is 4.52. The molecule has 0 radical (unpaired) electrons. The molecule has 1 aromatic heterocycles. The smallest absolute Gasteiger partial charge is 0.221 e. The van der Waals surface area contributed by atoms with Crippen LogP contribution in [0.4, 0.5) is 0 Å². The van der Waals surface area contributed by atoms with Gasteiger partial charge in [-0.25, -0.2) is 4.98 Å². The van der Waals surface area contributed by atoms with Gasteiger partial charge >= 0.3 is 0 Å². The van der Waals surface area contributed by atoms with Crippen LogP contribution in [-0.4, -0.2) is 31.9 Å². The van der Waals surface area contributed by atoms with E-state index in [-0.39, 0.29) is 0 Å². The number of benzene rings is 1. The summed E-state index contributed by atoms with van der Waals surface area (Å²) >= 11 is 0. The fraction of sp³-hybridized carbons (Fsp3) is 0.471. The van der Waals surface area contributed by atoms with Gasteiger partial charge in [0.25, 0.3) is 0 Å². The molecule has 1 saturated heterocycles. The number of nitrogens with zero attached hydrogens (tertiary/aromatic N) is 1. The summed E-state index contributed by atoms with van der Waals surface area (Å²) in [6, 6.07) is 8.31. The number of nitrogens with one attached hydrogen (secondary N) is 1. The van der Waals surface area contributed by atoms with E-state index in [9.17, 15) is 0 Å². The second kappa shape index (κ2) is 6.87. The minimum absolute atomic E-state index is 0.580. The van der Waals surface area contributed by atoms with E-state index in [0.29, 0.717) is 5.92 Å². The third kappa shape index (κ3) is 3.34. The number of ether oxygens (including phenoxy) is 2. The molecule has 1 aliphatic heterocycles. The minimum Gasteiger partial charge on any atom is -0.477 e. The van der Waals surface area contributed by atoms with E-state index in [2.05, 4.69) is 28.5 Å². The maximum atomic E-state index is 6.00. The Kier molecular flexibility index (Phi) is 4.68. The van der Waals surface area contributed by atoms with Gasteiger partial charge in [-0.05, 0) is 42.8 Å². The molecule has 0 aliphatic carbocycles. The molecular weight excluding hydrogens is 264 g/mol. The normalized spacial score (nSPS) is 16.2. The highest BCUT2D eigenvalue weighted by Gasteiger charge is 2.16. The highest BCUT2D eigenvalue weighted by atomic mass is 16.5. The summed E-state index contributed by atoms with van der Waals surface area (Å²) in [6.07, 6.45) is 4.07. The van der Waals surface area contributed by atoms with Crippen LogP contribution < -0.4 is 10.1 Å². The van der Waals surface area contributed by atoms with Gasteiger partial charge in [0.15, 0.2) is 0 Å². The van der Waals surface area contributed by atoms with Crippen LogP contribution in [0.15, 0.2) is 30.5 Å². The predicted molar refractivity (Wildman–Crippen MR) is 83.5 cm³/mol. The van der Waals surface area contributed by atoms with Gasteiger partial charge in [-0.2, -0.15) is 0 Å². The van der Waals surface area contributed by atoms with Crippen LogP contribution in [0.2, 0.25) is 0 Å². The molecule has 1 aromatic carbocycles. The molecular formula is C17H22N2O2. The number of pyridine rings is 1. The topological polar surface area (TPSA) is 43.4 Å². The number of rotatable bonds is 5. The Morgan fingerprint density at radius 1 is 1.24 bits per heavy atom. The first-order valence-corrected chi connectivity index (χ1v) is 7.60. The Morgan fingerprint density at radius 3 is 2.76 bits per heavy atom. The number of fused-ring (bicyclic) bond motifs is 1. The average Bonchev–Trinajstić information content (AvgIpc) is 2.55. The molecule has 0 saturated carbocycles. The van der Waals surface area contributed by atoms with Crippen molar-refractivity contribution in [1.82, 2.24) is 10.3 Å². The van der Waals surface area contributed by atoms with Gasteiger partial charge in [-0.1, -0.05) is 18.2 Å². The van der Waals surface area contributed by atoms with Crippen LogP contribution >= 0.6 is 0 Å². The lowest BCUT2D eigenvalue weighted by Gasteiger charge is -2.22. The SMILES string of the molecule is CNCc1cnc(OCC2CCOCC2)c2ccccc12. The molecule has 3 rings (SSSR count). The van der Waals surface area contributed by atoms with E-state index in [1.165, 1.54) is 10.9 Å². The van der Waals surface area contributed by atoms with Gasteiger partial charge < -0.3 is 14.8 Å². The Labute approximate surface area is 125 Å². The Morgan fingerprint density at radius 2 is 2.00 bits per heavy atom. The van der Waals surface area contributed by atoms with Crippen molar-refractivity contribution in [2.75, 3.05) is 26.9 Å². The van der Waals surface area contributed by atoms with E-state index >= 15 is 0 Å². The summed E-state index contributed by atoms with van der Waals surface area (Å²) in [5.74, 6) is 1.33. The molecule has 2 aromatic rings. The van der Waals surface area contributed by atoms with Gasteiger partial charge in [0.05, 0.1) is 6.61 Å². The lowest BCUT2D eigenvalue weighted by atomic mass is 10.0. The minimum atomic E-state index is 0.580. The summed E-state index contributed by atoms with van der Waals surface area (Å²) in [5, 5.41) is 5.49. The second-order valence-corrected chi connectivity index (χ2v) is 5.53. The first-order chi connectivity index (χ1) is 10.4. The van der Waals surface area contributed by atoms with Crippen LogP contribution in [0.1, 0.15) is 18.4 Å². The third-order valence-corrected chi connectivity index (χ3v) is 4.00. The molecule has 0 unspecified atom stereocenters. The zero-order valence-electron chi connectivity index (χ0n) is 12.5. The maximum Gasteiger partial charge on any atom is 0.221 e. The van der Waals surface area contributed by atoms with Crippen LogP contribution in [0.3, 0.4) is 0 Å². The molecule has 0 atom stereocenters. The number of aromatic nitrogens is 1. The molecule has 1 fully saturated rings. The van der Waals surface area contributed by atoms with Crippen molar-refractivity contribution in [3.63, 3.8) is 0 Å². The highest BCUT2D eigenvalue weighted by Crippen LogP contribution is 2.27. The third-order valence-electron chi connectivity index (χ3n) is 4.00. The number of hydrogen-bond donors (Lipinski definition) is 1. The summed E-state index contributed by atoms with van der Waals surface area (Å²) in [5.41, 5.74) is 1.20. The largest absolute Gasteiger partial charge is 0.477 e. The predicted octanol–water partition coefficient (Wildman–Crippen LogP) is 2.76. The zero-order chi connectivity index (χ0) is 14.5. The first-order valence-electron chi connectivity index (χ1n) is 7.60. The number of hydrogen-bond acceptors (Lipinski definition) is 4. The molecule has 0 amide bonds. The van der Waals surface area contributed by atoms with Gasteiger partial charge in [0.1, 0.15) is 0 Å². The summed E-state index contributed by atoms with van der Waals surface area (Å²) < 4.78 is 11.4. The van der Waals surface area contributed by atoms with Gasteiger partial charge in [0.2, 0.25) is 5.88 Å².